The van der Waals surface area contributed by atoms with E-state index in [2.05, 4.69) is 0 Å². The van der Waals surface area contributed by atoms with Crippen LogP contribution in [-0.4, -0.2) is 80.4 Å². The Morgan fingerprint density at radius 1 is 1.59 bits per heavy atom. The first-order valence-corrected chi connectivity index (χ1v) is 7.00. The zero-order chi connectivity index (χ0) is 21.7. The maximum absolute atomic E-state index is 12.6. The van der Waals surface area contributed by atoms with Gasteiger partial charge in [-0.15, -0.1) is 0 Å². The predicted molar refractivity (Wildman–Crippen MR) is 78.0 cm³/mol. The Hall–Kier alpha value is -0.990. The van der Waals surface area contributed by atoms with E-state index < -0.39 is 55.7 Å². The van der Waals surface area contributed by atoms with E-state index in [0.717, 1.165) is 6.92 Å². The number of aliphatic hydroxyl groups is 4. The SMILES string of the molecule is [2H]C([2H])([2H])C(O)(C([2H])([2H])[2H])[C@@](O)(C(=O)OCC1=CCN2CC[C@@H](O)[C@@H]12)[C@H](C)O. The first-order chi connectivity index (χ1) is 12.6. The fourth-order valence-corrected chi connectivity index (χ4v) is 2.90. The second kappa shape index (κ2) is 5.90. The maximum atomic E-state index is 12.6. The van der Waals surface area contributed by atoms with E-state index >= 15 is 0 Å². The van der Waals surface area contributed by atoms with Crippen LogP contribution >= 0.6 is 0 Å². The smallest absolute Gasteiger partial charge is 0.344 e. The number of esters is 1. The van der Waals surface area contributed by atoms with E-state index in [9.17, 15) is 25.2 Å². The molecule has 0 amide bonds. The van der Waals surface area contributed by atoms with Crippen LogP contribution in [0.2, 0.25) is 0 Å². The van der Waals surface area contributed by atoms with Gasteiger partial charge in [0.15, 0.2) is 0 Å². The van der Waals surface area contributed by atoms with Gasteiger partial charge in [-0.1, -0.05) is 6.08 Å². The van der Waals surface area contributed by atoms with Crippen molar-refractivity contribution in [2.75, 3.05) is 19.7 Å². The molecule has 2 aliphatic rings. The molecular weight excluding hydrogens is 290 g/mol. The quantitative estimate of drug-likeness (QED) is 0.371. The molecule has 22 heavy (non-hydrogen) atoms. The lowest BCUT2D eigenvalue weighted by Crippen LogP contribution is -2.63. The van der Waals surface area contributed by atoms with Crippen molar-refractivity contribution in [1.29, 1.82) is 0 Å². The van der Waals surface area contributed by atoms with Gasteiger partial charge in [0.1, 0.15) is 12.2 Å². The standard InChI is InChI=1S/C15H25NO6/c1-9(17)15(21,14(2,3)20)13(19)22-8-10-4-6-16-7-5-11(18)12(10)16/h4,9,11-12,17-18,20-21H,5-8H2,1-3H3/t9-,11+,12+,15-/m0/s1/i2D3,3D3. The highest BCUT2D eigenvalue weighted by Crippen LogP contribution is 2.31. The number of rotatable bonds is 5. The van der Waals surface area contributed by atoms with Crippen LogP contribution in [0.3, 0.4) is 0 Å². The minimum absolute atomic E-state index is 0.406. The fourth-order valence-electron chi connectivity index (χ4n) is 2.90. The van der Waals surface area contributed by atoms with E-state index in [1.165, 1.54) is 0 Å². The fraction of sp³-hybridized carbons (Fsp3) is 0.800. The average molecular weight is 321 g/mol. The Kier molecular flexibility index (Phi) is 2.88. The minimum Gasteiger partial charge on any atom is -0.459 e. The summed E-state index contributed by atoms with van der Waals surface area (Å²) < 4.78 is 49.3. The molecular formula is C15H25NO6. The van der Waals surface area contributed by atoms with Crippen LogP contribution in [0.5, 0.6) is 0 Å². The Morgan fingerprint density at radius 3 is 2.86 bits per heavy atom. The summed E-state index contributed by atoms with van der Waals surface area (Å²) in [5.41, 5.74) is -7.14. The van der Waals surface area contributed by atoms with Crippen LogP contribution in [0.15, 0.2) is 11.6 Å². The van der Waals surface area contributed by atoms with Gasteiger partial charge < -0.3 is 25.2 Å². The molecule has 2 rings (SSSR count). The zero-order valence-electron chi connectivity index (χ0n) is 18.2. The Morgan fingerprint density at radius 2 is 2.27 bits per heavy atom. The average Bonchev–Trinajstić information content (AvgIpc) is 3.12. The molecule has 0 bridgehead atoms. The molecule has 1 fully saturated rings. The Labute approximate surface area is 138 Å². The summed E-state index contributed by atoms with van der Waals surface area (Å²) in [6.45, 7) is -6.06. The third-order valence-corrected chi connectivity index (χ3v) is 4.28. The molecule has 4 atom stereocenters. The van der Waals surface area contributed by atoms with Crippen molar-refractivity contribution in [3.8, 4) is 0 Å². The van der Waals surface area contributed by atoms with Gasteiger partial charge in [-0.25, -0.2) is 4.79 Å². The Balaban J connectivity index is 2.30. The van der Waals surface area contributed by atoms with Gasteiger partial charge in [0, 0.05) is 21.3 Å². The number of fused-ring (bicyclic) bond motifs is 1. The summed E-state index contributed by atoms with van der Waals surface area (Å²) in [6, 6.07) is -0.406. The molecule has 7 nitrogen and oxygen atoms in total. The second-order valence-electron chi connectivity index (χ2n) is 5.80. The van der Waals surface area contributed by atoms with Crippen molar-refractivity contribution in [1.82, 2.24) is 4.90 Å². The summed E-state index contributed by atoms with van der Waals surface area (Å²) in [5, 5.41) is 41.2. The highest BCUT2D eigenvalue weighted by atomic mass is 16.6. The van der Waals surface area contributed by atoms with Crippen LogP contribution in [0, 0.1) is 0 Å². The predicted octanol–water partition coefficient (Wildman–Crippen LogP) is -1.21. The van der Waals surface area contributed by atoms with Gasteiger partial charge >= 0.3 is 5.97 Å². The van der Waals surface area contributed by atoms with Crippen LogP contribution in [0.1, 0.15) is 35.3 Å². The number of hydrogen-bond acceptors (Lipinski definition) is 7. The van der Waals surface area contributed by atoms with Crippen molar-refractivity contribution in [2.45, 2.75) is 56.5 Å². The molecule has 0 spiro atoms. The lowest BCUT2D eigenvalue weighted by atomic mass is 9.81. The van der Waals surface area contributed by atoms with Crippen LogP contribution in [0.25, 0.3) is 0 Å². The van der Waals surface area contributed by atoms with Crippen molar-refractivity contribution in [3.63, 3.8) is 0 Å². The molecule has 0 aromatic carbocycles. The molecule has 0 aromatic rings. The molecule has 0 unspecified atom stereocenters. The summed E-state index contributed by atoms with van der Waals surface area (Å²) in [7, 11) is 0. The lowest BCUT2D eigenvalue weighted by Gasteiger charge is -2.38. The number of carbonyl (C=O) groups is 1. The van der Waals surface area contributed by atoms with Crippen LogP contribution < -0.4 is 0 Å². The van der Waals surface area contributed by atoms with Gasteiger partial charge in [0.25, 0.3) is 0 Å². The molecule has 2 heterocycles. The first-order valence-electron chi connectivity index (χ1n) is 10.00. The number of nitrogens with zero attached hydrogens (tertiary/aromatic N) is 1. The van der Waals surface area contributed by atoms with Crippen molar-refractivity contribution < 1.29 is 38.2 Å². The van der Waals surface area contributed by atoms with Crippen LogP contribution in [-0.2, 0) is 9.53 Å². The number of carbonyl (C=O) groups excluding carboxylic acids is 1. The summed E-state index contributed by atoms with van der Waals surface area (Å²) in [6.07, 6.45) is -0.755. The van der Waals surface area contributed by atoms with Gasteiger partial charge in [-0.3, -0.25) is 4.90 Å². The normalized spacial score (nSPS) is 34.9. The van der Waals surface area contributed by atoms with E-state index in [1.807, 2.05) is 4.90 Å². The molecule has 1 saturated heterocycles. The monoisotopic (exact) mass is 321 g/mol. The third kappa shape index (κ3) is 2.79. The molecule has 0 saturated carbocycles. The summed E-state index contributed by atoms with van der Waals surface area (Å²) in [5.74, 6) is -1.79. The zero-order valence-corrected chi connectivity index (χ0v) is 12.2. The van der Waals surface area contributed by atoms with Gasteiger partial charge in [0.2, 0.25) is 5.60 Å². The van der Waals surface area contributed by atoms with Crippen molar-refractivity contribution in [2.24, 2.45) is 0 Å². The maximum Gasteiger partial charge on any atom is 0.344 e. The number of aliphatic hydroxyl groups excluding tert-OH is 2. The molecule has 0 aromatic heterocycles. The molecule has 2 aliphatic heterocycles. The third-order valence-electron chi connectivity index (χ3n) is 4.28. The lowest BCUT2D eigenvalue weighted by molar-refractivity contribution is -0.213. The molecule has 126 valence electrons. The van der Waals surface area contributed by atoms with Crippen LogP contribution in [0.4, 0.5) is 0 Å². The number of ether oxygens (including phenoxy) is 1. The molecule has 4 N–H and O–H groups in total. The minimum atomic E-state index is -3.98. The van der Waals surface area contributed by atoms with E-state index in [4.69, 9.17) is 13.0 Å². The Bertz CT molecular complexity index is 634. The molecule has 0 radical (unpaired) electrons. The largest absolute Gasteiger partial charge is 0.459 e. The van der Waals surface area contributed by atoms with E-state index in [1.54, 1.807) is 6.08 Å². The highest BCUT2D eigenvalue weighted by molar-refractivity contribution is 5.82. The topological polar surface area (TPSA) is 110 Å². The van der Waals surface area contributed by atoms with Gasteiger partial charge in [0.05, 0.1) is 18.2 Å². The number of hydrogen-bond donors (Lipinski definition) is 4. The van der Waals surface area contributed by atoms with E-state index in [0.29, 0.717) is 25.1 Å². The summed E-state index contributed by atoms with van der Waals surface area (Å²) >= 11 is 0. The van der Waals surface area contributed by atoms with Crippen molar-refractivity contribution in [3.05, 3.63) is 11.6 Å². The molecule has 0 aliphatic carbocycles. The van der Waals surface area contributed by atoms with Crippen molar-refractivity contribution >= 4 is 5.97 Å². The second-order valence-corrected chi connectivity index (χ2v) is 5.80. The van der Waals surface area contributed by atoms with Gasteiger partial charge in [-0.2, -0.15) is 0 Å². The first kappa shape index (κ1) is 10.7. The highest BCUT2D eigenvalue weighted by Gasteiger charge is 2.54. The van der Waals surface area contributed by atoms with Gasteiger partial charge in [-0.05, 0) is 32.6 Å². The molecule has 7 heteroatoms. The summed E-state index contributed by atoms with van der Waals surface area (Å²) in [4.78, 5) is 14.5. The van der Waals surface area contributed by atoms with E-state index in [-0.39, 0.29) is 0 Å².